The fourth-order valence-corrected chi connectivity index (χ4v) is 4.24. The molecule has 0 fully saturated rings. The fraction of sp³-hybridized carbons (Fsp3) is 0.412. The highest BCUT2D eigenvalue weighted by molar-refractivity contribution is 7.20. The van der Waals surface area contributed by atoms with Gasteiger partial charge in [-0.1, -0.05) is 0 Å². The van der Waals surface area contributed by atoms with Gasteiger partial charge in [-0.2, -0.15) is 13.2 Å². The molecule has 0 saturated carbocycles. The summed E-state index contributed by atoms with van der Waals surface area (Å²) in [5.41, 5.74) is 1.58. The van der Waals surface area contributed by atoms with E-state index in [9.17, 15) is 18.0 Å². The molecular formula is C17H18F3N5OS. The van der Waals surface area contributed by atoms with Crippen LogP contribution in [0.4, 0.5) is 13.2 Å². The lowest BCUT2D eigenvalue weighted by Crippen LogP contribution is -2.28. The van der Waals surface area contributed by atoms with E-state index >= 15 is 0 Å². The van der Waals surface area contributed by atoms with Crippen LogP contribution in [-0.4, -0.2) is 43.6 Å². The molecule has 0 bridgehead atoms. The van der Waals surface area contributed by atoms with Gasteiger partial charge < -0.3 is 9.47 Å². The number of amides is 1. The number of hydrogen-bond donors (Lipinski definition) is 0. The summed E-state index contributed by atoms with van der Waals surface area (Å²) in [6.45, 7) is 4.31. The lowest BCUT2D eigenvalue weighted by atomic mass is 10.1. The van der Waals surface area contributed by atoms with Crippen molar-refractivity contribution in [1.29, 1.82) is 0 Å². The zero-order chi connectivity index (χ0) is 19.9. The maximum Gasteiger partial charge on any atom is 0.406 e. The fourth-order valence-electron chi connectivity index (χ4n) is 2.96. The molecule has 0 saturated heterocycles. The number of halogens is 3. The molecule has 0 aliphatic rings. The summed E-state index contributed by atoms with van der Waals surface area (Å²) in [4.78, 5) is 28.2. The van der Waals surface area contributed by atoms with Crippen LogP contribution in [0.1, 0.15) is 32.6 Å². The number of fused-ring (bicyclic) bond motifs is 1. The third-order valence-corrected chi connectivity index (χ3v) is 5.33. The van der Waals surface area contributed by atoms with Crippen LogP contribution >= 0.6 is 11.3 Å². The molecule has 10 heteroatoms. The van der Waals surface area contributed by atoms with Crippen molar-refractivity contribution in [3.8, 4) is 0 Å². The largest absolute Gasteiger partial charge is 0.406 e. The predicted octanol–water partition coefficient (Wildman–Crippen LogP) is 3.65. The summed E-state index contributed by atoms with van der Waals surface area (Å²) in [5.74, 6) is 0.519. The Labute approximate surface area is 157 Å². The number of aromatic nitrogens is 4. The normalized spacial score (nSPS) is 12.0. The van der Waals surface area contributed by atoms with Gasteiger partial charge in [0.2, 0.25) is 0 Å². The molecule has 0 aromatic carbocycles. The molecule has 27 heavy (non-hydrogen) atoms. The smallest absolute Gasteiger partial charge is 0.334 e. The standard InChI is InChI=1S/C17H18F3N5OS/c1-9-13-10(2)22-11(3)23-15(13)27-14(9)16(26)24(4)7-12-21-5-6-25(12)8-17(18,19)20/h5-6H,7-8H2,1-4H3. The maximum atomic E-state index is 12.9. The number of carbonyl (C=O) groups is 1. The molecule has 6 nitrogen and oxygen atoms in total. The number of rotatable bonds is 4. The van der Waals surface area contributed by atoms with E-state index < -0.39 is 12.7 Å². The first-order valence-electron chi connectivity index (χ1n) is 8.13. The van der Waals surface area contributed by atoms with Gasteiger partial charge in [-0.15, -0.1) is 11.3 Å². The number of hydrogen-bond acceptors (Lipinski definition) is 5. The predicted molar refractivity (Wildman–Crippen MR) is 95.7 cm³/mol. The van der Waals surface area contributed by atoms with Gasteiger partial charge in [0.1, 0.15) is 23.0 Å². The number of nitrogens with zero attached hydrogens (tertiary/aromatic N) is 5. The second kappa shape index (κ2) is 6.91. The molecule has 144 valence electrons. The Morgan fingerprint density at radius 3 is 2.63 bits per heavy atom. The van der Waals surface area contributed by atoms with Crippen molar-refractivity contribution in [2.75, 3.05) is 7.05 Å². The van der Waals surface area contributed by atoms with Crippen molar-refractivity contribution in [3.05, 3.63) is 40.2 Å². The summed E-state index contributed by atoms with van der Waals surface area (Å²) in [5, 5.41) is 0.848. The van der Waals surface area contributed by atoms with Gasteiger partial charge in [-0.3, -0.25) is 4.79 Å². The summed E-state index contributed by atoms with van der Waals surface area (Å²) in [6, 6.07) is 0. The van der Waals surface area contributed by atoms with Gasteiger partial charge in [-0.05, 0) is 26.3 Å². The zero-order valence-corrected chi connectivity index (χ0v) is 16.1. The third kappa shape index (κ3) is 3.95. The van der Waals surface area contributed by atoms with Crippen LogP contribution in [0.25, 0.3) is 10.2 Å². The van der Waals surface area contributed by atoms with Crippen molar-refractivity contribution in [1.82, 2.24) is 24.4 Å². The van der Waals surface area contributed by atoms with Gasteiger partial charge in [-0.25, -0.2) is 15.0 Å². The van der Waals surface area contributed by atoms with E-state index in [0.717, 1.165) is 26.0 Å². The third-order valence-electron chi connectivity index (χ3n) is 4.15. The minimum absolute atomic E-state index is 0.0285. The Bertz CT molecular complexity index is 1010. The minimum Gasteiger partial charge on any atom is -0.334 e. The van der Waals surface area contributed by atoms with Crippen molar-refractivity contribution in [2.45, 2.75) is 40.0 Å². The van der Waals surface area contributed by atoms with Crippen molar-refractivity contribution < 1.29 is 18.0 Å². The van der Waals surface area contributed by atoms with Crippen molar-refractivity contribution >= 4 is 27.5 Å². The molecule has 1 amide bonds. The Kier molecular flexibility index (Phi) is 4.94. The van der Waals surface area contributed by atoms with E-state index in [0.29, 0.717) is 10.7 Å². The lowest BCUT2D eigenvalue weighted by Gasteiger charge is -2.18. The van der Waals surface area contributed by atoms with E-state index in [4.69, 9.17) is 0 Å². The quantitative estimate of drug-likeness (QED) is 0.674. The molecule has 3 heterocycles. The Hall–Kier alpha value is -2.49. The van der Waals surface area contributed by atoms with Crippen LogP contribution in [0.2, 0.25) is 0 Å². The molecule has 0 unspecified atom stereocenters. The summed E-state index contributed by atoms with van der Waals surface area (Å²) in [6.07, 6.45) is -1.80. The molecule has 0 N–H and O–H groups in total. The SMILES string of the molecule is Cc1nc(C)c2c(C)c(C(=O)N(C)Cc3nccn3CC(F)(F)F)sc2n1. The first-order valence-corrected chi connectivity index (χ1v) is 8.95. The summed E-state index contributed by atoms with van der Waals surface area (Å²) >= 11 is 1.27. The molecule has 0 atom stereocenters. The highest BCUT2D eigenvalue weighted by Crippen LogP contribution is 2.32. The van der Waals surface area contributed by atoms with E-state index in [1.807, 2.05) is 13.8 Å². The molecule has 3 aromatic rings. The van der Waals surface area contributed by atoms with Crippen LogP contribution in [0.15, 0.2) is 12.4 Å². The van der Waals surface area contributed by atoms with Crippen LogP contribution < -0.4 is 0 Å². The van der Waals surface area contributed by atoms with Crippen molar-refractivity contribution in [2.24, 2.45) is 0 Å². The van der Waals surface area contributed by atoms with E-state index in [2.05, 4.69) is 15.0 Å². The average Bonchev–Trinajstić information content (AvgIpc) is 3.09. The minimum atomic E-state index is -4.35. The zero-order valence-electron chi connectivity index (χ0n) is 15.3. The molecule has 0 aliphatic carbocycles. The number of alkyl halides is 3. The number of imidazole rings is 1. The number of thiophene rings is 1. The van der Waals surface area contributed by atoms with Gasteiger partial charge in [0, 0.05) is 30.5 Å². The Balaban J connectivity index is 1.87. The van der Waals surface area contributed by atoms with Gasteiger partial charge >= 0.3 is 6.18 Å². The number of aryl methyl sites for hydroxylation is 3. The molecule has 3 aromatic heterocycles. The topological polar surface area (TPSA) is 63.9 Å². The highest BCUT2D eigenvalue weighted by Gasteiger charge is 2.29. The molecule has 0 radical (unpaired) electrons. The van der Waals surface area contributed by atoms with Gasteiger partial charge in [0.25, 0.3) is 5.91 Å². The lowest BCUT2D eigenvalue weighted by molar-refractivity contribution is -0.141. The molecule has 3 rings (SSSR count). The average molecular weight is 397 g/mol. The molecule has 0 spiro atoms. The van der Waals surface area contributed by atoms with E-state index in [1.165, 1.54) is 28.6 Å². The van der Waals surface area contributed by atoms with Crippen LogP contribution in [0.3, 0.4) is 0 Å². The van der Waals surface area contributed by atoms with Gasteiger partial charge in [0.05, 0.1) is 11.4 Å². The maximum absolute atomic E-state index is 12.9. The van der Waals surface area contributed by atoms with E-state index in [1.54, 1.807) is 14.0 Å². The van der Waals surface area contributed by atoms with E-state index in [-0.39, 0.29) is 18.3 Å². The monoisotopic (exact) mass is 397 g/mol. The summed E-state index contributed by atoms with van der Waals surface area (Å²) in [7, 11) is 1.54. The second-order valence-corrected chi connectivity index (χ2v) is 7.34. The molecular weight excluding hydrogens is 379 g/mol. The highest BCUT2D eigenvalue weighted by atomic mass is 32.1. The Morgan fingerprint density at radius 1 is 1.26 bits per heavy atom. The van der Waals surface area contributed by atoms with Crippen molar-refractivity contribution in [3.63, 3.8) is 0 Å². The van der Waals surface area contributed by atoms with Gasteiger partial charge in [0.15, 0.2) is 0 Å². The summed E-state index contributed by atoms with van der Waals surface area (Å²) < 4.78 is 39.0. The first kappa shape index (κ1) is 19.3. The molecule has 0 aliphatic heterocycles. The Morgan fingerprint density at radius 2 is 1.96 bits per heavy atom. The number of carbonyl (C=O) groups excluding carboxylic acids is 1. The van der Waals surface area contributed by atoms with Crippen LogP contribution in [0.5, 0.6) is 0 Å². The van der Waals surface area contributed by atoms with Crippen LogP contribution in [-0.2, 0) is 13.1 Å². The van der Waals surface area contributed by atoms with Crippen LogP contribution in [0, 0.1) is 20.8 Å². The first-order chi connectivity index (χ1) is 12.6. The second-order valence-electron chi connectivity index (χ2n) is 6.34.